The second-order valence-corrected chi connectivity index (χ2v) is 7.48. The van der Waals surface area contributed by atoms with Crippen LogP contribution in [0.3, 0.4) is 0 Å². The first-order chi connectivity index (χ1) is 11.4. The molecule has 1 atom stereocenters. The maximum Gasteiger partial charge on any atom is 0.339 e. The number of halogens is 1. The number of sulfonamides is 1. The fraction of sp³-hybridized carbons (Fsp3) is 0.125. The average Bonchev–Trinajstić information content (AvgIpc) is 2.83. The van der Waals surface area contributed by atoms with E-state index in [9.17, 15) is 18.0 Å². The molecule has 1 N–H and O–H groups in total. The average molecular weight is 365 g/mol. The first-order valence-electron chi connectivity index (χ1n) is 7.09. The zero-order chi connectivity index (χ0) is 17.3. The van der Waals surface area contributed by atoms with Crippen LogP contribution < -0.4 is 5.32 Å². The number of benzene rings is 2. The van der Waals surface area contributed by atoms with E-state index in [-0.39, 0.29) is 15.6 Å². The van der Waals surface area contributed by atoms with Crippen molar-refractivity contribution in [1.82, 2.24) is 9.62 Å². The lowest BCUT2D eigenvalue weighted by molar-refractivity contribution is -0.124. The van der Waals surface area contributed by atoms with E-state index in [1.807, 2.05) is 6.07 Å². The van der Waals surface area contributed by atoms with E-state index in [0.29, 0.717) is 5.02 Å². The van der Waals surface area contributed by atoms with Gasteiger partial charge in [-0.15, -0.1) is 4.31 Å². The quantitative estimate of drug-likeness (QED) is 0.843. The van der Waals surface area contributed by atoms with Crippen LogP contribution in [0.2, 0.25) is 5.02 Å². The van der Waals surface area contributed by atoms with Gasteiger partial charge in [-0.25, -0.2) is 13.2 Å². The Morgan fingerprint density at radius 3 is 2.25 bits per heavy atom. The van der Waals surface area contributed by atoms with Crippen molar-refractivity contribution >= 4 is 33.6 Å². The molecule has 24 heavy (non-hydrogen) atoms. The Hall–Kier alpha value is -2.38. The third-order valence-electron chi connectivity index (χ3n) is 3.61. The highest BCUT2D eigenvalue weighted by Gasteiger charge is 2.45. The molecule has 3 amide bonds. The number of amides is 3. The van der Waals surface area contributed by atoms with E-state index in [1.54, 1.807) is 24.3 Å². The van der Waals surface area contributed by atoms with Crippen molar-refractivity contribution < 1.29 is 18.0 Å². The molecular weight excluding hydrogens is 352 g/mol. The van der Waals surface area contributed by atoms with Gasteiger partial charge < -0.3 is 5.32 Å². The summed E-state index contributed by atoms with van der Waals surface area (Å²) in [6, 6.07) is 12.4. The molecule has 0 aliphatic carbocycles. The molecule has 8 heteroatoms. The van der Waals surface area contributed by atoms with Crippen LogP contribution in [0.1, 0.15) is 5.56 Å². The first-order valence-corrected chi connectivity index (χ1v) is 8.90. The Kier molecular flexibility index (Phi) is 4.29. The summed E-state index contributed by atoms with van der Waals surface area (Å²) in [6.07, 6.45) is 0.220. The number of urea groups is 1. The van der Waals surface area contributed by atoms with Crippen LogP contribution in [0.5, 0.6) is 0 Å². The Morgan fingerprint density at radius 1 is 1.00 bits per heavy atom. The normalized spacial score (nSPS) is 17.9. The van der Waals surface area contributed by atoms with Gasteiger partial charge in [0.25, 0.3) is 15.9 Å². The molecule has 1 saturated heterocycles. The summed E-state index contributed by atoms with van der Waals surface area (Å²) in [7, 11) is -4.27. The molecule has 2 aromatic carbocycles. The Labute approximate surface area is 144 Å². The predicted molar refractivity (Wildman–Crippen MR) is 87.9 cm³/mol. The number of nitrogens with one attached hydrogen (secondary N) is 1. The van der Waals surface area contributed by atoms with Crippen molar-refractivity contribution in [3.05, 3.63) is 65.2 Å². The van der Waals surface area contributed by atoms with Gasteiger partial charge >= 0.3 is 6.03 Å². The summed E-state index contributed by atoms with van der Waals surface area (Å²) in [5.74, 6) is -0.793. The van der Waals surface area contributed by atoms with Crippen molar-refractivity contribution in [2.75, 3.05) is 0 Å². The molecule has 6 nitrogen and oxygen atoms in total. The highest BCUT2D eigenvalue weighted by atomic mass is 35.5. The van der Waals surface area contributed by atoms with E-state index in [0.717, 1.165) is 5.56 Å². The third kappa shape index (κ3) is 3.00. The van der Waals surface area contributed by atoms with Gasteiger partial charge in [-0.05, 0) is 29.8 Å². The van der Waals surface area contributed by atoms with Gasteiger partial charge in [0.1, 0.15) is 6.04 Å². The standard InChI is InChI=1S/C16H13ClN2O4S/c17-12-6-8-13(9-7-12)24(22,23)19-15(20)14(18-16(19)21)10-11-4-2-1-3-5-11/h1-9,14H,10H2,(H,18,21)/t14-/m1/s1. The second kappa shape index (κ2) is 6.26. The second-order valence-electron chi connectivity index (χ2n) is 5.25. The number of carbonyl (C=O) groups excluding carboxylic acids is 2. The maximum atomic E-state index is 12.6. The topological polar surface area (TPSA) is 83.6 Å². The van der Waals surface area contributed by atoms with Gasteiger partial charge in [0.2, 0.25) is 0 Å². The van der Waals surface area contributed by atoms with E-state index >= 15 is 0 Å². The zero-order valence-electron chi connectivity index (χ0n) is 12.3. The minimum atomic E-state index is -4.27. The molecule has 1 aliphatic rings. The summed E-state index contributed by atoms with van der Waals surface area (Å²) in [5, 5.41) is 2.78. The van der Waals surface area contributed by atoms with Crippen LogP contribution in [-0.4, -0.2) is 30.7 Å². The van der Waals surface area contributed by atoms with Crippen LogP contribution in [0.25, 0.3) is 0 Å². The lowest BCUT2D eigenvalue weighted by Gasteiger charge is -2.13. The van der Waals surface area contributed by atoms with Crippen LogP contribution in [0.15, 0.2) is 59.5 Å². The van der Waals surface area contributed by atoms with Gasteiger partial charge in [-0.2, -0.15) is 0 Å². The first kappa shape index (κ1) is 16.5. The van der Waals surface area contributed by atoms with E-state index in [1.165, 1.54) is 24.3 Å². The Morgan fingerprint density at radius 2 is 1.62 bits per heavy atom. The summed E-state index contributed by atoms with van der Waals surface area (Å²) in [4.78, 5) is 24.3. The number of hydrogen-bond donors (Lipinski definition) is 1. The maximum absolute atomic E-state index is 12.6. The largest absolute Gasteiger partial charge is 0.339 e. The van der Waals surface area contributed by atoms with Crippen LogP contribution in [-0.2, 0) is 21.2 Å². The molecule has 0 spiro atoms. The zero-order valence-corrected chi connectivity index (χ0v) is 13.9. The van der Waals surface area contributed by atoms with Crippen LogP contribution in [0, 0.1) is 0 Å². The van der Waals surface area contributed by atoms with E-state index in [4.69, 9.17) is 11.6 Å². The van der Waals surface area contributed by atoms with Gasteiger partial charge in [0.15, 0.2) is 0 Å². The summed E-state index contributed by atoms with van der Waals surface area (Å²) < 4.78 is 25.4. The lowest BCUT2D eigenvalue weighted by Crippen LogP contribution is -2.37. The van der Waals surface area contributed by atoms with Crippen LogP contribution in [0.4, 0.5) is 4.79 Å². The summed E-state index contributed by atoms with van der Waals surface area (Å²) >= 11 is 5.74. The van der Waals surface area contributed by atoms with Crippen molar-refractivity contribution in [3.63, 3.8) is 0 Å². The number of imide groups is 1. The molecule has 0 aromatic heterocycles. The van der Waals surface area contributed by atoms with Gasteiger partial charge in [-0.3, -0.25) is 4.79 Å². The molecule has 3 rings (SSSR count). The highest BCUT2D eigenvalue weighted by molar-refractivity contribution is 7.90. The number of carbonyl (C=O) groups is 2. The summed E-state index contributed by atoms with van der Waals surface area (Å²) in [6.45, 7) is 0. The number of nitrogens with zero attached hydrogens (tertiary/aromatic N) is 1. The van der Waals surface area contributed by atoms with Gasteiger partial charge in [0, 0.05) is 11.4 Å². The molecule has 0 unspecified atom stereocenters. The fourth-order valence-corrected chi connectivity index (χ4v) is 3.89. The number of hydrogen-bond acceptors (Lipinski definition) is 4. The minimum Gasteiger partial charge on any atom is -0.325 e. The predicted octanol–water partition coefficient (Wildman–Crippen LogP) is 2.19. The molecule has 0 bridgehead atoms. The molecule has 1 heterocycles. The van der Waals surface area contributed by atoms with Gasteiger partial charge in [-0.1, -0.05) is 41.9 Å². The van der Waals surface area contributed by atoms with Crippen molar-refractivity contribution in [1.29, 1.82) is 0 Å². The smallest absolute Gasteiger partial charge is 0.325 e. The van der Waals surface area contributed by atoms with Crippen molar-refractivity contribution in [2.24, 2.45) is 0 Å². The lowest BCUT2D eigenvalue weighted by atomic mass is 10.1. The van der Waals surface area contributed by atoms with E-state index in [2.05, 4.69) is 5.32 Å². The minimum absolute atomic E-state index is 0.171. The highest BCUT2D eigenvalue weighted by Crippen LogP contribution is 2.23. The fourth-order valence-electron chi connectivity index (χ4n) is 2.44. The molecule has 2 aromatic rings. The molecule has 1 fully saturated rings. The molecular formula is C16H13ClN2O4S. The molecule has 1 aliphatic heterocycles. The van der Waals surface area contributed by atoms with Crippen LogP contribution >= 0.6 is 11.6 Å². The summed E-state index contributed by atoms with van der Waals surface area (Å²) in [5.41, 5.74) is 0.821. The molecule has 0 radical (unpaired) electrons. The molecule has 124 valence electrons. The van der Waals surface area contributed by atoms with E-state index < -0.39 is 28.0 Å². The van der Waals surface area contributed by atoms with Crippen molar-refractivity contribution in [2.45, 2.75) is 17.4 Å². The molecule has 0 saturated carbocycles. The van der Waals surface area contributed by atoms with Crippen molar-refractivity contribution in [3.8, 4) is 0 Å². The monoisotopic (exact) mass is 364 g/mol. The van der Waals surface area contributed by atoms with Gasteiger partial charge in [0.05, 0.1) is 4.90 Å². The SMILES string of the molecule is O=C1N[C@H](Cc2ccccc2)C(=O)N1S(=O)(=O)c1ccc(Cl)cc1. The third-order valence-corrected chi connectivity index (χ3v) is 5.56. The number of rotatable bonds is 4. The Bertz CT molecular complexity index is 882. The Balaban J connectivity index is 1.87.